The quantitative estimate of drug-likeness (QED) is 0.249. The summed E-state index contributed by atoms with van der Waals surface area (Å²) in [6.07, 6.45) is 4.28. The van der Waals surface area contributed by atoms with Crippen molar-refractivity contribution in [3.8, 4) is 34.4 Å². The summed E-state index contributed by atoms with van der Waals surface area (Å²) in [5, 5.41) is 2.57. The molecular formula is C30H25F2N5O5. The number of halogens is 2. The maximum Gasteiger partial charge on any atom is 0.261 e. The van der Waals surface area contributed by atoms with Gasteiger partial charge in [-0.25, -0.2) is 18.7 Å². The Kier molecular flexibility index (Phi) is 7.78. The molecular weight excluding hydrogens is 548 g/mol. The van der Waals surface area contributed by atoms with Gasteiger partial charge in [0.2, 0.25) is 11.3 Å². The van der Waals surface area contributed by atoms with E-state index in [2.05, 4.69) is 20.3 Å². The van der Waals surface area contributed by atoms with Crippen LogP contribution in [0.4, 0.5) is 14.5 Å². The summed E-state index contributed by atoms with van der Waals surface area (Å²) in [5.74, 6) is -1.69. The fourth-order valence-corrected chi connectivity index (χ4v) is 4.15. The molecule has 0 aliphatic heterocycles. The number of pyridine rings is 2. The molecule has 5 aromatic rings. The molecule has 214 valence electrons. The molecule has 0 fully saturated rings. The van der Waals surface area contributed by atoms with Gasteiger partial charge >= 0.3 is 0 Å². The van der Waals surface area contributed by atoms with Gasteiger partial charge in [0.25, 0.3) is 11.8 Å². The lowest BCUT2D eigenvalue weighted by atomic mass is 10.0. The Hall–Kier alpha value is -5.39. The molecule has 3 heterocycles. The normalized spacial score (nSPS) is 11.0. The number of benzene rings is 2. The van der Waals surface area contributed by atoms with E-state index in [1.807, 2.05) is 13.8 Å². The van der Waals surface area contributed by atoms with Crippen LogP contribution in [0.3, 0.4) is 0 Å². The van der Waals surface area contributed by atoms with E-state index < -0.39 is 23.0 Å². The van der Waals surface area contributed by atoms with Crippen molar-refractivity contribution in [2.75, 3.05) is 19.5 Å². The fourth-order valence-electron chi connectivity index (χ4n) is 4.15. The highest BCUT2D eigenvalue weighted by Crippen LogP contribution is 2.34. The van der Waals surface area contributed by atoms with E-state index in [1.54, 1.807) is 16.8 Å². The minimum Gasteiger partial charge on any atom is -0.491 e. The molecule has 12 heteroatoms. The summed E-state index contributed by atoms with van der Waals surface area (Å²) in [6, 6.07) is 10.7. The molecule has 0 bridgehead atoms. The van der Waals surface area contributed by atoms with Crippen LogP contribution < -0.4 is 25.0 Å². The van der Waals surface area contributed by atoms with E-state index in [1.165, 1.54) is 63.1 Å². The second-order valence-corrected chi connectivity index (χ2v) is 9.41. The summed E-state index contributed by atoms with van der Waals surface area (Å²) in [5.41, 5.74) is 0.670. The number of hydrogen-bond donors (Lipinski definition) is 1. The Balaban J connectivity index is 1.43. The Labute approximate surface area is 238 Å². The number of carbonyl (C=O) groups excluding carboxylic acids is 1. The molecule has 0 radical (unpaired) electrons. The molecule has 0 saturated heterocycles. The highest BCUT2D eigenvalue weighted by Gasteiger charge is 2.19. The van der Waals surface area contributed by atoms with Gasteiger partial charge in [0.05, 0.1) is 14.2 Å². The van der Waals surface area contributed by atoms with Crippen molar-refractivity contribution in [1.82, 2.24) is 19.5 Å². The third-order valence-electron chi connectivity index (χ3n) is 6.36. The lowest BCUT2D eigenvalue weighted by Gasteiger charge is -2.15. The van der Waals surface area contributed by atoms with Crippen molar-refractivity contribution < 1.29 is 27.8 Å². The monoisotopic (exact) mass is 573 g/mol. The van der Waals surface area contributed by atoms with Crippen LogP contribution in [-0.2, 0) is 0 Å². The van der Waals surface area contributed by atoms with Gasteiger partial charge in [0.1, 0.15) is 23.2 Å². The van der Waals surface area contributed by atoms with Crippen LogP contribution in [0.5, 0.6) is 23.3 Å². The van der Waals surface area contributed by atoms with Crippen LogP contribution in [0.15, 0.2) is 72.0 Å². The van der Waals surface area contributed by atoms with Gasteiger partial charge in [-0.3, -0.25) is 9.59 Å². The SMILES string of the molecule is COc1cc2ncnc(Oc3ccc(NC(=O)c4cn(C(C)C)cc(-c5ccc(F)cc5)c4=O)cc3F)c2nc1OC. The molecule has 42 heavy (non-hydrogen) atoms. The Morgan fingerprint density at radius 3 is 2.36 bits per heavy atom. The number of nitrogens with one attached hydrogen (secondary N) is 1. The van der Waals surface area contributed by atoms with Crippen LogP contribution in [0.2, 0.25) is 0 Å². The van der Waals surface area contributed by atoms with Crippen molar-refractivity contribution in [3.63, 3.8) is 0 Å². The van der Waals surface area contributed by atoms with Crippen LogP contribution in [0, 0.1) is 11.6 Å². The van der Waals surface area contributed by atoms with E-state index in [9.17, 15) is 14.0 Å². The molecule has 0 aliphatic carbocycles. The minimum absolute atomic E-state index is 0.0246. The number of hydrogen-bond acceptors (Lipinski definition) is 8. The summed E-state index contributed by atoms with van der Waals surface area (Å²) in [7, 11) is 2.88. The molecule has 5 rings (SSSR count). The van der Waals surface area contributed by atoms with Gasteiger partial charge in [-0.15, -0.1) is 0 Å². The zero-order valence-electron chi connectivity index (χ0n) is 23.0. The molecule has 0 saturated carbocycles. The van der Waals surface area contributed by atoms with Gasteiger partial charge in [-0.1, -0.05) is 12.1 Å². The van der Waals surface area contributed by atoms with Gasteiger partial charge in [0.15, 0.2) is 22.8 Å². The molecule has 10 nitrogen and oxygen atoms in total. The smallest absolute Gasteiger partial charge is 0.261 e. The number of anilines is 1. The molecule has 2 aromatic carbocycles. The number of amides is 1. The Morgan fingerprint density at radius 1 is 0.929 bits per heavy atom. The van der Waals surface area contributed by atoms with E-state index in [0.717, 1.165) is 6.07 Å². The van der Waals surface area contributed by atoms with Crippen LogP contribution in [0.25, 0.3) is 22.2 Å². The Morgan fingerprint density at radius 2 is 1.69 bits per heavy atom. The predicted octanol–water partition coefficient (Wildman–Crippen LogP) is 5.77. The zero-order valence-corrected chi connectivity index (χ0v) is 23.0. The standard InChI is InChI=1S/C30H25F2N5O5/c1-16(2)37-13-20(17-5-7-18(31)8-6-17)27(38)21(14-37)28(39)35-19-9-10-24(22(32)11-19)42-30-26-23(33-15-34-30)12-25(40-3)29(36-26)41-4/h5-16H,1-4H3,(H,35,39). The largest absolute Gasteiger partial charge is 0.491 e. The maximum absolute atomic E-state index is 15.1. The topological polar surface area (TPSA) is 117 Å². The number of carbonyl (C=O) groups is 1. The van der Waals surface area contributed by atoms with Crippen molar-refractivity contribution in [2.45, 2.75) is 19.9 Å². The minimum atomic E-state index is -0.806. The average molecular weight is 574 g/mol. The first-order valence-corrected chi connectivity index (χ1v) is 12.7. The van der Waals surface area contributed by atoms with Gasteiger partial charge in [0, 0.05) is 41.8 Å². The molecule has 0 spiro atoms. The third kappa shape index (κ3) is 5.59. The van der Waals surface area contributed by atoms with Gasteiger partial charge in [-0.2, -0.15) is 4.98 Å². The highest BCUT2D eigenvalue weighted by molar-refractivity contribution is 6.04. The predicted molar refractivity (Wildman–Crippen MR) is 151 cm³/mol. The van der Waals surface area contributed by atoms with Crippen LogP contribution in [-0.4, -0.2) is 39.6 Å². The number of fused-ring (bicyclic) bond motifs is 1. The molecule has 0 unspecified atom stereocenters. The van der Waals surface area contributed by atoms with Crippen molar-refractivity contribution in [3.05, 3.63) is 94.7 Å². The fraction of sp³-hybridized carbons (Fsp3) is 0.167. The van der Waals surface area contributed by atoms with Gasteiger partial charge in [-0.05, 0) is 43.7 Å². The molecule has 1 amide bonds. The number of ether oxygens (including phenoxy) is 3. The molecule has 3 aromatic heterocycles. The van der Waals surface area contributed by atoms with Crippen molar-refractivity contribution in [1.29, 1.82) is 0 Å². The average Bonchev–Trinajstić information content (AvgIpc) is 2.98. The first kappa shape index (κ1) is 28.1. The lowest BCUT2D eigenvalue weighted by Crippen LogP contribution is -2.25. The number of rotatable bonds is 8. The second kappa shape index (κ2) is 11.6. The summed E-state index contributed by atoms with van der Waals surface area (Å²) >= 11 is 0. The van der Waals surface area contributed by atoms with E-state index in [4.69, 9.17) is 14.2 Å². The highest BCUT2D eigenvalue weighted by atomic mass is 19.1. The third-order valence-corrected chi connectivity index (χ3v) is 6.36. The van der Waals surface area contributed by atoms with Gasteiger partial charge < -0.3 is 24.1 Å². The van der Waals surface area contributed by atoms with Crippen molar-refractivity contribution >= 4 is 22.6 Å². The lowest BCUT2D eigenvalue weighted by molar-refractivity contribution is 0.102. The Bertz CT molecular complexity index is 1860. The van der Waals surface area contributed by atoms with Crippen LogP contribution >= 0.6 is 0 Å². The summed E-state index contributed by atoms with van der Waals surface area (Å²) in [6.45, 7) is 3.77. The number of aromatic nitrogens is 4. The summed E-state index contributed by atoms with van der Waals surface area (Å²) < 4.78 is 46.5. The molecule has 0 atom stereocenters. The zero-order chi connectivity index (χ0) is 30.0. The summed E-state index contributed by atoms with van der Waals surface area (Å²) in [4.78, 5) is 39.0. The number of nitrogens with zero attached hydrogens (tertiary/aromatic N) is 4. The number of methoxy groups -OCH3 is 2. The maximum atomic E-state index is 15.1. The van der Waals surface area contributed by atoms with Crippen LogP contribution in [0.1, 0.15) is 30.2 Å². The van der Waals surface area contributed by atoms with Crippen molar-refractivity contribution in [2.24, 2.45) is 0 Å². The molecule has 0 aliphatic rings. The van der Waals surface area contributed by atoms with E-state index in [-0.39, 0.29) is 45.9 Å². The first-order chi connectivity index (χ1) is 20.2. The molecule has 1 N–H and O–H groups in total. The first-order valence-electron chi connectivity index (χ1n) is 12.7. The van der Waals surface area contributed by atoms with E-state index >= 15 is 4.39 Å². The second-order valence-electron chi connectivity index (χ2n) is 9.41. The van der Waals surface area contributed by atoms with E-state index in [0.29, 0.717) is 16.8 Å².